The number of hydrogen-bond acceptors (Lipinski definition) is 4. The number of rotatable bonds is 11. The van der Waals surface area contributed by atoms with Gasteiger partial charge >= 0.3 is 0 Å². The number of halogens is 1. The van der Waals surface area contributed by atoms with Crippen molar-refractivity contribution in [3.8, 4) is 5.75 Å². The van der Waals surface area contributed by atoms with Crippen molar-refractivity contribution in [2.45, 2.75) is 43.9 Å². The second-order valence-corrected chi connectivity index (χ2v) is 6.69. The van der Waals surface area contributed by atoms with E-state index in [1.807, 2.05) is 0 Å². The molecule has 0 fully saturated rings. The highest BCUT2D eigenvalue weighted by molar-refractivity contribution is 7.89. The molecular weight excluding hydrogens is 324 g/mol. The van der Waals surface area contributed by atoms with E-state index in [2.05, 4.69) is 11.6 Å². The van der Waals surface area contributed by atoms with Crippen molar-refractivity contribution >= 4 is 22.4 Å². The highest BCUT2D eigenvalue weighted by Crippen LogP contribution is 2.16. The molecule has 0 aliphatic heterocycles. The first-order valence-corrected chi connectivity index (χ1v) is 9.01. The largest absolute Gasteiger partial charge is 0.494 e. The van der Waals surface area contributed by atoms with Crippen LogP contribution in [0.4, 0.5) is 0 Å². The van der Waals surface area contributed by atoms with Crippen LogP contribution < -0.4 is 15.2 Å². The molecule has 0 unspecified atom stereocenters. The third-order valence-electron chi connectivity index (χ3n) is 3.07. The van der Waals surface area contributed by atoms with Gasteiger partial charge in [0, 0.05) is 6.54 Å². The van der Waals surface area contributed by atoms with Crippen LogP contribution in [-0.4, -0.2) is 28.1 Å². The standard InChI is InChI=1S/C15H26N2O3S.ClH/c1-2-3-6-13-20-14-7-9-15(10-8-14)21(18,19)17-12-5-4-11-16;/h7-10,17H,2-6,11-13,16H2,1H3;1H. The molecule has 0 radical (unpaired) electrons. The summed E-state index contributed by atoms with van der Waals surface area (Å²) in [6.07, 6.45) is 4.86. The lowest BCUT2D eigenvalue weighted by Crippen LogP contribution is -2.25. The average Bonchev–Trinajstić information content (AvgIpc) is 2.49. The van der Waals surface area contributed by atoms with E-state index in [0.29, 0.717) is 25.4 Å². The van der Waals surface area contributed by atoms with Gasteiger partial charge in [0.15, 0.2) is 0 Å². The molecule has 0 amide bonds. The maximum Gasteiger partial charge on any atom is 0.240 e. The summed E-state index contributed by atoms with van der Waals surface area (Å²) in [7, 11) is -3.43. The average molecular weight is 351 g/mol. The Balaban J connectivity index is 0.00000441. The molecule has 1 aromatic carbocycles. The molecule has 1 rings (SSSR count). The van der Waals surface area contributed by atoms with E-state index >= 15 is 0 Å². The van der Waals surface area contributed by atoms with E-state index in [-0.39, 0.29) is 17.3 Å². The van der Waals surface area contributed by atoms with Crippen LogP contribution in [0, 0.1) is 0 Å². The molecule has 3 N–H and O–H groups in total. The maximum atomic E-state index is 12.0. The van der Waals surface area contributed by atoms with Gasteiger partial charge in [-0.05, 0) is 50.1 Å². The van der Waals surface area contributed by atoms with Gasteiger partial charge in [-0.25, -0.2) is 13.1 Å². The Morgan fingerprint density at radius 1 is 1.09 bits per heavy atom. The molecule has 22 heavy (non-hydrogen) atoms. The predicted octanol–water partition coefficient (Wildman–Crippen LogP) is 2.69. The Morgan fingerprint density at radius 2 is 1.77 bits per heavy atom. The van der Waals surface area contributed by atoms with Crippen LogP contribution in [0.1, 0.15) is 39.0 Å². The summed E-state index contributed by atoms with van der Waals surface area (Å²) < 4.78 is 32.2. The lowest BCUT2D eigenvalue weighted by atomic mass is 10.3. The zero-order chi connectivity index (χ0) is 15.6. The maximum absolute atomic E-state index is 12.0. The third-order valence-corrected chi connectivity index (χ3v) is 4.55. The van der Waals surface area contributed by atoms with E-state index in [9.17, 15) is 8.42 Å². The van der Waals surface area contributed by atoms with Gasteiger partial charge in [0.1, 0.15) is 5.75 Å². The van der Waals surface area contributed by atoms with E-state index in [1.54, 1.807) is 24.3 Å². The number of nitrogens with one attached hydrogen (secondary N) is 1. The molecule has 0 saturated heterocycles. The van der Waals surface area contributed by atoms with Crippen LogP contribution in [0.15, 0.2) is 29.2 Å². The zero-order valence-corrected chi connectivity index (χ0v) is 14.7. The van der Waals surface area contributed by atoms with Gasteiger partial charge < -0.3 is 10.5 Å². The molecular formula is C15H27ClN2O3S. The highest BCUT2D eigenvalue weighted by atomic mass is 35.5. The van der Waals surface area contributed by atoms with E-state index in [4.69, 9.17) is 10.5 Å². The molecule has 7 heteroatoms. The molecule has 0 aliphatic rings. The molecule has 128 valence electrons. The number of benzene rings is 1. The first-order chi connectivity index (χ1) is 10.1. The van der Waals surface area contributed by atoms with Crippen molar-refractivity contribution in [1.82, 2.24) is 4.72 Å². The second-order valence-electron chi connectivity index (χ2n) is 4.92. The van der Waals surface area contributed by atoms with Crippen LogP contribution >= 0.6 is 12.4 Å². The van der Waals surface area contributed by atoms with Gasteiger partial charge in [0.05, 0.1) is 11.5 Å². The summed E-state index contributed by atoms with van der Waals surface area (Å²) in [5, 5.41) is 0. The predicted molar refractivity (Wildman–Crippen MR) is 92.2 cm³/mol. The first-order valence-electron chi connectivity index (χ1n) is 7.52. The summed E-state index contributed by atoms with van der Waals surface area (Å²) in [5.41, 5.74) is 5.37. The van der Waals surface area contributed by atoms with Gasteiger partial charge in [-0.2, -0.15) is 0 Å². The lowest BCUT2D eigenvalue weighted by Gasteiger charge is -2.08. The zero-order valence-electron chi connectivity index (χ0n) is 13.1. The fourth-order valence-corrected chi connectivity index (χ4v) is 2.89. The van der Waals surface area contributed by atoms with Crippen molar-refractivity contribution in [3.05, 3.63) is 24.3 Å². The van der Waals surface area contributed by atoms with Crippen molar-refractivity contribution in [2.24, 2.45) is 5.73 Å². The van der Waals surface area contributed by atoms with E-state index < -0.39 is 10.0 Å². The summed E-state index contributed by atoms with van der Waals surface area (Å²) in [6.45, 7) is 3.79. The number of hydrogen-bond donors (Lipinski definition) is 2. The molecule has 1 aromatic rings. The molecule has 0 aliphatic carbocycles. The van der Waals surface area contributed by atoms with Crippen molar-refractivity contribution in [3.63, 3.8) is 0 Å². The fourth-order valence-electron chi connectivity index (χ4n) is 1.82. The normalized spacial score (nSPS) is 11.0. The number of sulfonamides is 1. The first kappa shape index (κ1) is 21.2. The molecule has 0 heterocycles. The molecule has 0 bridgehead atoms. The molecule has 0 atom stereocenters. The fraction of sp³-hybridized carbons (Fsp3) is 0.600. The van der Waals surface area contributed by atoms with Crippen LogP contribution in [-0.2, 0) is 10.0 Å². The van der Waals surface area contributed by atoms with Gasteiger partial charge in [-0.3, -0.25) is 0 Å². The van der Waals surface area contributed by atoms with Crippen LogP contribution in [0.25, 0.3) is 0 Å². The monoisotopic (exact) mass is 350 g/mol. The number of ether oxygens (including phenoxy) is 1. The molecule has 0 saturated carbocycles. The Labute approximate surface area is 140 Å². The quantitative estimate of drug-likeness (QED) is 0.601. The summed E-state index contributed by atoms with van der Waals surface area (Å²) in [6, 6.07) is 6.53. The Bertz CT molecular complexity index is 492. The van der Waals surface area contributed by atoms with Gasteiger partial charge in [0.25, 0.3) is 0 Å². The Hall–Kier alpha value is -0.820. The number of nitrogens with two attached hydrogens (primary N) is 1. The summed E-state index contributed by atoms with van der Waals surface area (Å²) >= 11 is 0. The van der Waals surface area contributed by atoms with Crippen LogP contribution in [0.2, 0.25) is 0 Å². The molecule has 0 aromatic heterocycles. The van der Waals surface area contributed by atoms with Crippen molar-refractivity contribution in [2.75, 3.05) is 19.7 Å². The Kier molecular flexibility index (Phi) is 11.3. The summed E-state index contributed by atoms with van der Waals surface area (Å²) in [5.74, 6) is 0.702. The van der Waals surface area contributed by atoms with Crippen molar-refractivity contribution < 1.29 is 13.2 Å². The minimum Gasteiger partial charge on any atom is -0.494 e. The highest BCUT2D eigenvalue weighted by Gasteiger charge is 2.12. The minimum absolute atomic E-state index is 0. The second kappa shape index (κ2) is 11.7. The Morgan fingerprint density at radius 3 is 2.36 bits per heavy atom. The SMILES string of the molecule is CCCCCOc1ccc(S(=O)(=O)NCCCCN)cc1.Cl. The third kappa shape index (κ3) is 7.98. The van der Waals surface area contributed by atoms with Gasteiger partial charge in [0.2, 0.25) is 10.0 Å². The van der Waals surface area contributed by atoms with E-state index in [0.717, 1.165) is 32.1 Å². The van der Waals surface area contributed by atoms with Gasteiger partial charge in [-0.1, -0.05) is 19.8 Å². The van der Waals surface area contributed by atoms with Gasteiger partial charge in [-0.15, -0.1) is 12.4 Å². The topological polar surface area (TPSA) is 81.4 Å². The minimum atomic E-state index is -3.43. The molecule has 0 spiro atoms. The smallest absolute Gasteiger partial charge is 0.240 e. The van der Waals surface area contributed by atoms with Crippen molar-refractivity contribution in [1.29, 1.82) is 0 Å². The summed E-state index contributed by atoms with van der Waals surface area (Å²) in [4.78, 5) is 0.260. The molecule has 5 nitrogen and oxygen atoms in total. The number of unbranched alkanes of at least 4 members (excludes halogenated alkanes) is 3. The van der Waals surface area contributed by atoms with Crippen LogP contribution in [0.5, 0.6) is 5.75 Å². The lowest BCUT2D eigenvalue weighted by molar-refractivity contribution is 0.306. The van der Waals surface area contributed by atoms with E-state index in [1.165, 1.54) is 0 Å². The van der Waals surface area contributed by atoms with Crippen LogP contribution in [0.3, 0.4) is 0 Å².